The number of hydrogen-bond donors (Lipinski definition) is 0. The molecule has 0 saturated carbocycles. The van der Waals surface area contributed by atoms with Crippen molar-refractivity contribution in [2.75, 3.05) is 26.3 Å². The lowest BCUT2D eigenvalue weighted by molar-refractivity contribution is -0.0331. The zero-order valence-corrected chi connectivity index (χ0v) is 13.7. The average Bonchev–Trinajstić information content (AvgIpc) is 3.09. The fourth-order valence-corrected chi connectivity index (χ4v) is 3.81. The van der Waals surface area contributed by atoms with Crippen molar-refractivity contribution in [3.8, 4) is 5.19 Å². The smallest absolute Gasteiger partial charge is 0.294 e. The molecule has 0 N–H and O–H groups in total. The van der Waals surface area contributed by atoms with E-state index < -0.39 is 0 Å². The molecule has 1 aliphatic heterocycles. The minimum atomic E-state index is 0.0664. The molecule has 8 heteroatoms. The Morgan fingerprint density at radius 3 is 3.14 bits per heavy atom. The van der Waals surface area contributed by atoms with Crippen molar-refractivity contribution >= 4 is 22.7 Å². The molecule has 1 atom stereocenters. The molecule has 0 amide bonds. The van der Waals surface area contributed by atoms with E-state index in [1.54, 1.807) is 11.3 Å². The second-order valence-corrected chi connectivity index (χ2v) is 6.73. The summed E-state index contributed by atoms with van der Waals surface area (Å²) in [6.07, 6.45) is 0.0664. The van der Waals surface area contributed by atoms with Crippen LogP contribution >= 0.6 is 22.7 Å². The van der Waals surface area contributed by atoms with Gasteiger partial charge in [-0.05, 0) is 13.8 Å². The van der Waals surface area contributed by atoms with E-state index in [4.69, 9.17) is 9.47 Å². The van der Waals surface area contributed by atoms with Gasteiger partial charge in [0.25, 0.3) is 5.19 Å². The summed E-state index contributed by atoms with van der Waals surface area (Å²) in [4.78, 5) is 6.86. The second-order valence-electron chi connectivity index (χ2n) is 4.82. The molecule has 1 saturated heterocycles. The first kappa shape index (κ1) is 14.8. The Bertz CT molecular complexity index is 586. The van der Waals surface area contributed by atoms with E-state index in [9.17, 15) is 0 Å². The molecule has 0 aromatic carbocycles. The highest BCUT2D eigenvalue weighted by atomic mass is 32.1. The van der Waals surface area contributed by atoms with Crippen LogP contribution in [-0.2, 0) is 11.3 Å². The Morgan fingerprint density at radius 1 is 1.48 bits per heavy atom. The standard InChI is InChI=1S/C13H18N4O2S2/c1-3-18-13-16-15-11(21-13)7-17-4-5-19-10(6-17)12-14-9(2)8-20-12/h8,10H,3-7H2,1-2H3/t10-/m1/s1. The van der Waals surface area contributed by atoms with Gasteiger partial charge in [0.15, 0.2) is 0 Å². The van der Waals surface area contributed by atoms with E-state index in [1.807, 2.05) is 13.8 Å². The Labute approximate surface area is 131 Å². The van der Waals surface area contributed by atoms with Gasteiger partial charge in [-0.25, -0.2) is 4.98 Å². The van der Waals surface area contributed by atoms with Crippen LogP contribution in [0.1, 0.15) is 28.7 Å². The van der Waals surface area contributed by atoms with E-state index >= 15 is 0 Å². The second kappa shape index (κ2) is 6.78. The van der Waals surface area contributed by atoms with E-state index in [0.717, 1.165) is 42.0 Å². The summed E-state index contributed by atoms with van der Waals surface area (Å²) in [5.41, 5.74) is 1.06. The number of nitrogens with zero attached hydrogens (tertiary/aromatic N) is 4. The van der Waals surface area contributed by atoms with Crippen LogP contribution in [0, 0.1) is 6.92 Å². The van der Waals surface area contributed by atoms with Crippen molar-refractivity contribution in [1.29, 1.82) is 0 Å². The Kier molecular flexibility index (Phi) is 4.79. The largest absolute Gasteiger partial charge is 0.469 e. The molecule has 2 aromatic heterocycles. The van der Waals surface area contributed by atoms with Gasteiger partial charge in [0.2, 0.25) is 0 Å². The summed E-state index contributed by atoms with van der Waals surface area (Å²) in [7, 11) is 0. The third-order valence-electron chi connectivity index (χ3n) is 3.14. The first-order valence-electron chi connectivity index (χ1n) is 6.95. The molecular formula is C13H18N4O2S2. The van der Waals surface area contributed by atoms with Crippen LogP contribution < -0.4 is 4.74 Å². The summed E-state index contributed by atoms with van der Waals surface area (Å²) in [5, 5.41) is 13.0. The lowest BCUT2D eigenvalue weighted by atomic mass is 10.3. The molecule has 114 valence electrons. The van der Waals surface area contributed by atoms with E-state index in [1.165, 1.54) is 11.3 Å². The molecule has 1 aliphatic rings. The van der Waals surface area contributed by atoms with Gasteiger partial charge >= 0.3 is 0 Å². The predicted molar refractivity (Wildman–Crippen MR) is 81.9 cm³/mol. The molecule has 21 heavy (non-hydrogen) atoms. The van der Waals surface area contributed by atoms with Crippen molar-refractivity contribution in [1.82, 2.24) is 20.1 Å². The molecule has 0 spiro atoms. The minimum absolute atomic E-state index is 0.0664. The van der Waals surface area contributed by atoms with Crippen LogP contribution in [0.4, 0.5) is 0 Å². The van der Waals surface area contributed by atoms with Gasteiger partial charge in [0, 0.05) is 24.2 Å². The summed E-state index contributed by atoms with van der Waals surface area (Å²) in [5.74, 6) is 0. The highest BCUT2D eigenvalue weighted by molar-refractivity contribution is 7.13. The lowest BCUT2D eigenvalue weighted by Crippen LogP contribution is -2.37. The molecule has 0 unspecified atom stereocenters. The molecule has 6 nitrogen and oxygen atoms in total. The summed E-state index contributed by atoms with van der Waals surface area (Å²) in [6.45, 7) is 7.84. The van der Waals surface area contributed by atoms with Crippen molar-refractivity contribution in [3.63, 3.8) is 0 Å². The van der Waals surface area contributed by atoms with Crippen LogP contribution in [0.2, 0.25) is 0 Å². The molecular weight excluding hydrogens is 308 g/mol. The molecule has 0 bridgehead atoms. The molecule has 0 aliphatic carbocycles. The highest BCUT2D eigenvalue weighted by Crippen LogP contribution is 2.27. The van der Waals surface area contributed by atoms with Crippen molar-refractivity contribution in [2.24, 2.45) is 0 Å². The summed E-state index contributed by atoms with van der Waals surface area (Å²) in [6, 6.07) is 0. The van der Waals surface area contributed by atoms with Crippen molar-refractivity contribution in [2.45, 2.75) is 26.5 Å². The maximum Gasteiger partial charge on any atom is 0.294 e. The number of morpholine rings is 1. The van der Waals surface area contributed by atoms with E-state index in [0.29, 0.717) is 11.8 Å². The molecule has 3 heterocycles. The van der Waals surface area contributed by atoms with Gasteiger partial charge in [-0.15, -0.1) is 21.5 Å². The van der Waals surface area contributed by atoms with Gasteiger partial charge in [-0.3, -0.25) is 4.90 Å². The minimum Gasteiger partial charge on any atom is -0.469 e. The van der Waals surface area contributed by atoms with Crippen LogP contribution in [0.25, 0.3) is 0 Å². The molecule has 0 radical (unpaired) electrons. The normalized spacial score (nSPS) is 19.8. The maximum absolute atomic E-state index is 5.84. The lowest BCUT2D eigenvalue weighted by Gasteiger charge is -2.31. The van der Waals surface area contributed by atoms with Crippen LogP contribution in [-0.4, -0.2) is 46.4 Å². The van der Waals surface area contributed by atoms with Gasteiger partial charge in [-0.2, -0.15) is 0 Å². The third kappa shape index (κ3) is 3.76. The first-order chi connectivity index (χ1) is 10.2. The van der Waals surface area contributed by atoms with Gasteiger partial charge in [0.05, 0.1) is 19.8 Å². The molecule has 2 aromatic rings. The number of rotatable bonds is 5. The fraction of sp³-hybridized carbons (Fsp3) is 0.615. The maximum atomic E-state index is 5.84. The van der Waals surface area contributed by atoms with Gasteiger partial charge < -0.3 is 9.47 Å². The summed E-state index contributed by atoms with van der Waals surface area (Å²) < 4.78 is 11.2. The Morgan fingerprint density at radius 2 is 2.38 bits per heavy atom. The molecule has 1 fully saturated rings. The Hall–Kier alpha value is -1.09. The quantitative estimate of drug-likeness (QED) is 0.840. The predicted octanol–water partition coefficient (Wildman–Crippen LogP) is 2.28. The number of hydrogen-bond acceptors (Lipinski definition) is 8. The molecule has 3 rings (SSSR count). The van der Waals surface area contributed by atoms with Crippen molar-refractivity contribution < 1.29 is 9.47 Å². The van der Waals surface area contributed by atoms with Crippen LogP contribution in [0.3, 0.4) is 0 Å². The van der Waals surface area contributed by atoms with Crippen LogP contribution in [0.5, 0.6) is 5.19 Å². The van der Waals surface area contributed by atoms with Gasteiger partial charge in [0.1, 0.15) is 16.1 Å². The zero-order valence-electron chi connectivity index (χ0n) is 12.1. The third-order valence-corrected chi connectivity index (χ3v) is 5.01. The van der Waals surface area contributed by atoms with Crippen LogP contribution in [0.15, 0.2) is 5.38 Å². The van der Waals surface area contributed by atoms with E-state index in [-0.39, 0.29) is 6.10 Å². The highest BCUT2D eigenvalue weighted by Gasteiger charge is 2.25. The fourth-order valence-electron chi connectivity index (χ4n) is 2.19. The number of thiazole rings is 1. The Balaban J connectivity index is 1.60. The number of aryl methyl sites for hydroxylation is 1. The monoisotopic (exact) mass is 326 g/mol. The van der Waals surface area contributed by atoms with Crippen molar-refractivity contribution in [3.05, 3.63) is 21.1 Å². The number of aromatic nitrogens is 3. The average molecular weight is 326 g/mol. The zero-order chi connectivity index (χ0) is 14.7. The topological polar surface area (TPSA) is 60.4 Å². The van der Waals surface area contributed by atoms with E-state index in [2.05, 4.69) is 25.5 Å². The van der Waals surface area contributed by atoms with Gasteiger partial charge in [-0.1, -0.05) is 11.3 Å². The number of ether oxygens (including phenoxy) is 2. The summed E-state index contributed by atoms with van der Waals surface area (Å²) >= 11 is 3.18. The first-order valence-corrected chi connectivity index (χ1v) is 8.65. The SMILES string of the molecule is CCOc1nnc(CN2CCO[C@@H](c3nc(C)cs3)C2)s1.